The lowest BCUT2D eigenvalue weighted by Gasteiger charge is -2.41. The van der Waals surface area contributed by atoms with Crippen molar-refractivity contribution < 1.29 is 0 Å². The van der Waals surface area contributed by atoms with E-state index in [-0.39, 0.29) is 0 Å². The van der Waals surface area contributed by atoms with Gasteiger partial charge >= 0.3 is 0 Å². The third-order valence-electron chi connectivity index (χ3n) is 4.98. The van der Waals surface area contributed by atoms with Gasteiger partial charge in [0.1, 0.15) is 0 Å². The molecule has 1 aromatic heterocycles. The third-order valence-corrected chi connectivity index (χ3v) is 5.99. The Morgan fingerprint density at radius 1 is 1.22 bits per heavy atom. The number of benzene rings is 1. The van der Waals surface area contributed by atoms with E-state index in [1.807, 2.05) is 11.3 Å². The van der Waals surface area contributed by atoms with Crippen molar-refractivity contribution in [1.82, 2.24) is 4.90 Å². The van der Waals surface area contributed by atoms with Gasteiger partial charge < -0.3 is 4.90 Å². The van der Waals surface area contributed by atoms with Crippen LogP contribution in [0.5, 0.6) is 0 Å². The van der Waals surface area contributed by atoms with Crippen molar-refractivity contribution in [2.75, 3.05) is 24.5 Å². The molecule has 0 aliphatic carbocycles. The quantitative estimate of drug-likeness (QED) is 0.807. The van der Waals surface area contributed by atoms with Gasteiger partial charge in [0.15, 0.2) is 0 Å². The highest BCUT2D eigenvalue weighted by Gasteiger charge is 2.24. The van der Waals surface area contributed by atoms with Crippen LogP contribution in [0.3, 0.4) is 0 Å². The fourth-order valence-electron chi connectivity index (χ4n) is 3.74. The summed E-state index contributed by atoms with van der Waals surface area (Å²) in [7, 11) is 0. The van der Waals surface area contributed by atoms with Crippen LogP contribution < -0.4 is 4.90 Å². The maximum Gasteiger partial charge on any atom is 0.0389 e. The number of aryl methyl sites for hydroxylation is 2. The molecule has 1 aromatic carbocycles. The summed E-state index contributed by atoms with van der Waals surface area (Å²) in [6.45, 7) is 13.6. The number of rotatable bonds is 4. The standard InChI is InChI=1S/C20H28N2S/c1-5-20-17(4)23-14-18(20)13-21-9-10-22(16(3)12-21)19-8-6-7-15(2)11-19/h6-8,11,14,16H,5,9-10,12-13H2,1-4H3/t16-/m1/s1. The Hall–Kier alpha value is -1.32. The molecule has 3 rings (SSSR count). The van der Waals surface area contributed by atoms with Gasteiger partial charge in [-0.2, -0.15) is 0 Å². The van der Waals surface area contributed by atoms with Crippen LogP contribution in [0.1, 0.15) is 35.4 Å². The summed E-state index contributed by atoms with van der Waals surface area (Å²) in [6, 6.07) is 9.47. The fourth-order valence-corrected chi connectivity index (χ4v) is 4.70. The first kappa shape index (κ1) is 16.5. The molecule has 0 N–H and O–H groups in total. The third kappa shape index (κ3) is 3.61. The molecule has 3 heteroatoms. The van der Waals surface area contributed by atoms with Crippen molar-refractivity contribution in [2.24, 2.45) is 0 Å². The van der Waals surface area contributed by atoms with Gasteiger partial charge in [0.05, 0.1) is 0 Å². The van der Waals surface area contributed by atoms with Crippen LogP contribution in [0.15, 0.2) is 29.6 Å². The Morgan fingerprint density at radius 2 is 2.04 bits per heavy atom. The van der Waals surface area contributed by atoms with Crippen LogP contribution in [-0.2, 0) is 13.0 Å². The molecule has 1 aliphatic heterocycles. The van der Waals surface area contributed by atoms with Gasteiger partial charge in [0, 0.05) is 42.8 Å². The number of nitrogens with zero attached hydrogens (tertiary/aromatic N) is 2. The van der Waals surface area contributed by atoms with E-state index in [2.05, 4.69) is 67.1 Å². The van der Waals surface area contributed by atoms with Gasteiger partial charge in [-0.1, -0.05) is 19.1 Å². The van der Waals surface area contributed by atoms with Crippen molar-refractivity contribution in [3.8, 4) is 0 Å². The molecule has 2 nitrogen and oxygen atoms in total. The van der Waals surface area contributed by atoms with Crippen molar-refractivity contribution in [1.29, 1.82) is 0 Å². The maximum absolute atomic E-state index is 2.62. The number of hydrogen-bond acceptors (Lipinski definition) is 3. The molecule has 23 heavy (non-hydrogen) atoms. The van der Waals surface area contributed by atoms with Crippen molar-refractivity contribution >= 4 is 17.0 Å². The zero-order chi connectivity index (χ0) is 16.4. The fraction of sp³-hybridized carbons (Fsp3) is 0.500. The van der Waals surface area contributed by atoms with Gasteiger partial charge in [0.25, 0.3) is 0 Å². The van der Waals surface area contributed by atoms with Gasteiger partial charge in [-0.15, -0.1) is 11.3 Å². The van der Waals surface area contributed by atoms with E-state index in [0.29, 0.717) is 6.04 Å². The van der Waals surface area contributed by atoms with Crippen LogP contribution in [0, 0.1) is 13.8 Å². The molecule has 1 atom stereocenters. The summed E-state index contributed by atoms with van der Waals surface area (Å²) in [5.74, 6) is 0. The van der Waals surface area contributed by atoms with E-state index >= 15 is 0 Å². The topological polar surface area (TPSA) is 6.48 Å². The maximum atomic E-state index is 2.62. The molecule has 0 unspecified atom stereocenters. The summed E-state index contributed by atoms with van der Waals surface area (Å²) in [5, 5.41) is 2.37. The zero-order valence-corrected chi connectivity index (χ0v) is 15.6. The average Bonchev–Trinajstić information content (AvgIpc) is 2.87. The highest BCUT2D eigenvalue weighted by atomic mass is 32.1. The largest absolute Gasteiger partial charge is 0.366 e. The molecular weight excluding hydrogens is 300 g/mol. The highest BCUT2D eigenvalue weighted by Crippen LogP contribution is 2.26. The van der Waals surface area contributed by atoms with Crippen LogP contribution in [0.25, 0.3) is 0 Å². The summed E-state index contributed by atoms with van der Waals surface area (Å²) in [4.78, 5) is 6.68. The minimum atomic E-state index is 0.565. The van der Waals surface area contributed by atoms with E-state index in [1.54, 1.807) is 11.1 Å². The predicted octanol–water partition coefficient (Wildman–Crippen LogP) is 4.64. The molecular formula is C20H28N2S. The van der Waals surface area contributed by atoms with Crippen molar-refractivity contribution in [2.45, 2.75) is 46.7 Å². The molecule has 0 spiro atoms. The van der Waals surface area contributed by atoms with E-state index in [0.717, 1.165) is 32.6 Å². The smallest absolute Gasteiger partial charge is 0.0389 e. The number of piperazine rings is 1. The molecule has 1 saturated heterocycles. The molecule has 0 radical (unpaired) electrons. The lowest BCUT2D eigenvalue weighted by molar-refractivity contribution is 0.220. The van der Waals surface area contributed by atoms with E-state index < -0.39 is 0 Å². The first-order valence-electron chi connectivity index (χ1n) is 8.70. The Morgan fingerprint density at radius 3 is 2.74 bits per heavy atom. The van der Waals surface area contributed by atoms with E-state index in [1.165, 1.54) is 16.1 Å². The second-order valence-corrected chi connectivity index (χ2v) is 7.85. The van der Waals surface area contributed by atoms with Gasteiger partial charge in [-0.3, -0.25) is 4.90 Å². The molecule has 0 bridgehead atoms. The Kier molecular flexibility index (Phi) is 5.08. The number of hydrogen-bond donors (Lipinski definition) is 0. The lowest BCUT2D eigenvalue weighted by atomic mass is 10.1. The first-order chi connectivity index (χ1) is 11.1. The molecule has 1 fully saturated rings. The lowest BCUT2D eigenvalue weighted by Crippen LogP contribution is -2.51. The van der Waals surface area contributed by atoms with Gasteiger partial charge in [0.2, 0.25) is 0 Å². The molecule has 0 amide bonds. The van der Waals surface area contributed by atoms with Crippen molar-refractivity contribution in [3.05, 3.63) is 51.2 Å². The second kappa shape index (κ2) is 7.06. The predicted molar refractivity (Wildman–Crippen MR) is 102 cm³/mol. The molecule has 124 valence electrons. The number of thiophene rings is 1. The first-order valence-corrected chi connectivity index (χ1v) is 9.58. The summed E-state index contributed by atoms with van der Waals surface area (Å²) in [5.41, 5.74) is 5.84. The van der Waals surface area contributed by atoms with Crippen LogP contribution in [-0.4, -0.2) is 30.6 Å². The van der Waals surface area contributed by atoms with Crippen LogP contribution in [0.2, 0.25) is 0 Å². The second-order valence-electron chi connectivity index (χ2n) is 6.77. The van der Waals surface area contributed by atoms with Crippen LogP contribution >= 0.6 is 11.3 Å². The minimum Gasteiger partial charge on any atom is -0.366 e. The average molecular weight is 329 g/mol. The number of anilines is 1. The highest BCUT2D eigenvalue weighted by molar-refractivity contribution is 7.10. The molecule has 2 aromatic rings. The molecule has 1 aliphatic rings. The van der Waals surface area contributed by atoms with Crippen molar-refractivity contribution in [3.63, 3.8) is 0 Å². The molecule has 2 heterocycles. The zero-order valence-electron chi connectivity index (χ0n) is 14.8. The Labute approximate surface area is 144 Å². The van der Waals surface area contributed by atoms with E-state index in [9.17, 15) is 0 Å². The normalized spacial score (nSPS) is 19.3. The van der Waals surface area contributed by atoms with Gasteiger partial charge in [-0.25, -0.2) is 0 Å². The Balaban J connectivity index is 1.66. The molecule has 0 saturated carbocycles. The van der Waals surface area contributed by atoms with E-state index in [4.69, 9.17) is 0 Å². The summed E-state index contributed by atoms with van der Waals surface area (Å²) < 4.78 is 0. The van der Waals surface area contributed by atoms with Gasteiger partial charge in [-0.05, 0) is 61.4 Å². The Bertz CT molecular complexity index is 661. The summed E-state index contributed by atoms with van der Waals surface area (Å²) >= 11 is 1.91. The van der Waals surface area contributed by atoms with Crippen LogP contribution in [0.4, 0.5) is 5.69 Å². The SMILES string of the molecule is CCc1c(CN2CCN(c3cccc(C)c3)[C@H](C)C2)csc1C. The monoisotopic (exact) mass is 328 g/mol. The minimum absolute atomic E-state index is 0.565. The summed E-state index contributed by atoms with van der Waals surface area (Å²) in [6.07, 6.45) is 1.16.